The predicted molar refractivity (Wildman–Crippen MR) is 109 cm³/mol. The highest BCUT2D eigenvalue weighted by Crippen LogP contribution is 2.20. The van der Waals surface area contributed by atoms with Gasteiger partial charge in [0.05, 0.1) is 22.4 Å². The first kappa shape index (κ1) is 20.5. The molecule has 3 aromatic carbocycles. The topological polar surface area (TPSA) is 67.8 Å². The fraction of sp³-hybridized carbons (Fsp3) is 0. The summed E-state index contributed by atoms with van der Waals surface area (Å²) >= 11 is 11.8. The molecule has 0 atom stereocenters. The van der Waals surface area contributed by atoms with Crippen molar-refractivity contribution in [2.45, 2.75) is 0 Å². The lowest BCUT2D eigenvalue weighted by molar-refractivity contribution is 0.0734. The molecule has 146 valence electrons. The van der Waals surface area contributed by atoms with E-state index in [4.69, 9.17) is 27.9 Å². The number of rotatable bonds is 5. The van der Waals surface area contributed by atoms with E-state index in [1.165, 1.54) is 36.5 Å². The van der Waals surface area contributed by atoms with Gasteiger partial charge in [-0.15, -0.1) is 0 Å². The second-order valence-electron chi connectivity index (χ2n) is 5.79. The number of nitrogens with one attached hydrogen (secondary N) is 1. The van der Waals surface area contributed by atoms with Gasteiger partial charge >= 0.3 is 5.97 Å². The molecule has 0 unspecified atom stereocenters. The third-order valence-corrected chi connectivity index (χ3v) is 4.25. The Balaban J connectivity index is 1.58. The van der Waals surface area contributed by atoms with Crippen LogP contribution in [0.4, 0.5) is 4.39 Å². The number of esters is 1. The summed E-state index contributed by atoms with van der Waals surface area (Å²) in [6.07, 6.45) is 1.42. The lowest BCUT2D eigenvalue weighted by atomic mass is 10.2. The van der Waals surface area contributed by atoms with E-state index >= 15 is 0 Å². The quantitative estimate of drug-likeness (QED) is 0.264. The van der Waals surface area contributed by atoms with Crippen molar-refractivity contribution in [3.63, 3.8) is 0 Å². The van der Waals surface area contributed by atoms with Crippen LogP contribution in [0.1, 0.15) is 26.3 Å². The number of benzene rings is 3. The maximum atomic E-state index is 13.2. The third kappa shape index (κ3) is 5.63. The van der Waals surface area contributed by atoms with Crippen molar-refractivity contribution < 1.29 is 18.7 Å². The normalized spacial score (nSPS) is 10.7. The second-order valence-corrected chi connectivity index (χ2v) is 6.64. The Labute approximate surface area is 175 Å². The molecule has 0 bridgehead atoms. The molecule has 0 saturated carbocycles. The van der Waals surface area contributed by atoms with Crippen molar-refractivity contribution in [2.75, 3.05) is 0 Å². The molecule has 0 aromatic heterocycles. The average molecular weight is 431 g/mol. The summed E-state index contributed by atoms with van der Waals surface area (Å²) in [5.74, 6) is -1.39. The Bertz CT molecular complexity index is 1090. The molecule has 0 heterocycles. The monoisotopic (exact) mass is 430 g/mol. The largest absolute Gasteiger partial charge is 0.423 e. The number of hydrazone groups is 1. The number of hydrogen-bond acceptors (Lipinski definition) is 4. The minimum Gasteiger partial charge on any atom is -0.423 e. The zero-order valence-electron chi connectivity index (χ0n) is 14.7. The molecule has 5 nitrogen and oxygen atoms in total. The van der Waals surface area contributed by atoms with Gasteiger partial charge in [-0.25, -0.2) is 14.6 Å². The van der Waals surface area contributed by atoms with Gasteiger partial charge < -0.3 is 4.74 Å². The molecule has 0 spiro atoms. The molecule has 3 aromatic rings. The first-order chi connectivity index (χ1) is 13.9. The fourth-order valence-corrected chi connectivity index (χ4v) is 2.80. The number of halogens is 3. The standard InChI is InChI=1S/C21H13Cl2FN2O3/c22-15-6-9-18(19(23)11-15)20(27)26-25-12-13-4-7-17(8-5-13)29-21(28)14-2-1-3-16(24)10-14/h1-12H,(H,26,27). The maximum absolute atomic E-state index is 13.2. The van der Waals surface area contributed by atoms with Gasteiger partial charge in [0, 0.05) is 5.02 Å². The van der Waals surface area contributed by atoms with Crippen LogP contribution in [0.15, 0.2) is 71.8 Å². The lowest BCUT2D eigenvalue weighted by Gasteiger charge is -2.05. The Hall–Kier alpha value is -3.22. The van der Waals surface area contributed by atoms with Gasteiger partial charge in [-0.1, -0.05) is 29.3 Å². The van der Waals surface area contributed by atoms with E-state index in [0.717, 1.165) is 6.07 Å². The Morgan fingerprint density at radius 2 is 1.76 bits per heavy atom. The van der Waals surface area contributed by atoms with Gasteiger partial charge in [0.2, 0.25) is 0 Å². The van der Waals surface area contributed by atoms with E-state index < -0.39 is 17.7 Å². The van der Waals surface area contributed by atoms with Crippen LogP contribution in [0, 0.1) is 5.82 Å². The summed E-state index contributed by atoms with van der Waals surface area (Å²) in [5, 5.41) is 4.51. The van der Waals surface area contributed by atoms with Gasteiger partial charge in [-0.2, -0.15) is 5.10 Å². The average Bonchev–Trinajstić information content (AvgIpc) is 2.69. The van der Waals surface area contributed by atoms with Crippen molar-refractivity contribution in [2.24, 2.45) is 5.10 Å². The van der Waals surface area contributed by atoms with Crippen LogP contribution in [0.3, 0.4) is 0 Å². The summed E-state index contributed by atoms with van der Waals surface area (Å²) in [6, 6.07) is 16.1. The number of carbonyl (C=O) groups is 2. The molecule has 0 aliphatic heterocycles. The second kappa shape index (κ2) is 9.32. The van der Waals surface area contributed by atoms with Gasteiger partial charge in [-0.3, -0.25) is 4.79 Å². The molecule has 0 aliphatic rings. The SMILES string of the molecule is O=C(Oc1ccc(C=NNC(=O)c2ccc(Cl)cc2Cl)cc1)c1cccc(F)c1. The van der Waals surface area contributed by atoms with E-state index in [9.17, 15) is 14.0 Å². The fourth-order valence-electron chi connectivity index (χ4n) is 2.30. The van der Waals surface area contributed by atoms with E-state index in [2.05, 4.69) is 10.5 Å². The molecule has 3 rings (SSSR count). The first-order valence-electron chi connectivity index (χ1n) is 8.28. The van der Waals surface area contributed by atoms with E-state index in [1.807, 2.05) is 0 Å². The molecular weight excluding hydrogens is 418 g/mol. The van der Waals surface area contributed by atoms with E-state index in [-0.39, 0.29) is 21.9 Å². The molecule has 29 heavy (non-hydrogen) atoms. The summed E-state index contributed by atoms with van der Waals surface area (Å²) < 4.78 is 18.4. The van der Waals surface area contributed by atoms with Crippen molar-refractivity contribution in [1.82, 2.24) is 5.43 Å². The number of nitrogens with zero attached hydrogens (tertiary/aromatic N) is 1. The van der Waals surface area contributed by atoms with Crippen molar-refractivity contribution in [3.05, 3.63) is 99.3 Å². The van der Waals surface area contributed by atoms with Crippen LogP contribution in [-0.4, -0.2) is 18.1 Å². The summed E-state index contributed by atoms with van der Waals surface area (Å²) in [6.45, 7) is 0. The maximum Gasteiger partial charge on any atom is 0.343 e. The first-order valence-corrected chi connectivity index (χ1v) is 9.04. The van der Waals surface area contributed by atoms with Crippen LogP contribution >= 0.6 is 23.2 Å². The van der Waals surface area contributed by atoms with Crippen molar-refractivity contribution in [3.8, 4) is 5.75 Å². The number of hydrogen-bond donors (Lipinski definition) is 1. The van der Waals surface area contributed by atoms with Gasteiger partial charge in [-0.05, 0) is 66.2 Å². The van der Waals surface area contributed by atoms with Gasteiger partial charge in [0.1, 0.15) is 11.6 Å². The zero-order valence-corrected chi connectivity index (χ0v) is 16.2. The number of carbonyl (C=O) groups excluding carboxylic acids is 2. The highest BCUT2D eigenvalue weighted by Gasteiger charge is 2.10. The summed E-state index contributed by atoms with van der Waals surface area (Å²) in [7, 11) is 0. The molecule has 1 amide bonds. The third-order valence-electron chi connectivity index (χ3n) is 3.71. The minimum atomic E-state index is -0.668. The van der Waals surface area contributed by atoms with Crippen LogP contribution in [-0.2, 0) is 0 Å². The van der Waals surface area contributed by atoms with Gasteiger partial charge in [0.15, 0.2) is 0 Å². The number of amides is 1. The Kier molecular flexibility index (Phi) is 6.59. The molecular formula is C21H13Cl2FN2O3. The molecule has 1 N–H and O–H groups in total. The Morgan fingerprint density at radius 1 is 1.00 bits per heavy atom. The molecule has 8 heteroatoms. The van der Waals surface area contributed by atoms with Crippen molar-refractivity contribution in [1.29, 1.82) is 0 Å². The predicted octanol–water partition coefficient (Wildman–Crippen LogP) is 5.12. The molecule has 0 fully saturated rings. The van der Waals surface area contributed by atoms with Gasteiger partial charge in [0.25, 0.3) is 5.91 Å². The zero-order chi connectivity index (χ0) is 20.8. The van der Waals surface area contributed by atoms with Crippen LogP contribution < -0.4 is 10.2 Å². The molecule has 0 saturated heterocycles. The molecule has 0 aliphatic carbocycles. The highest BCUT2D eigenvalue weighted by atomic mass is 35.5. The van der Waals surface area contributed by atoms with Crippen LogP contribution in [0.5, 0.6) is 5.75 Å². The molecule has 0 radical (unpaired) electrons. The highest BCUT2D eigenvalue weighted by molar-refractivity contribution is 6.36. The number of ether oxygens (including phenoxy) is 1. The van der Waals surface area contributed by atoms with E-state index in [1.54, 1.807) is 30.3 Å². The lowest BCUT2D eigenvalue weighted by Crippen LogP contribution is -2.18. The smallest absolute Gasteiger partial charge is 0.343 e. The van der Waals surface area contributed by atoms with Crippen LogP contribution in [0.25, 0.3) is 0 Å². The van der Waals surface area contributed by atoms with E-state index in [0.29, 0.717) is 10.6 Å². The Morgan fingerprint density at radius 3 is 2.45 bits per heavy atom. The summed E-state index contributed by atoms with van der Waals surface area (Å²) in [4.78, 5) is 24.1. The summed E-state index contributed by atoms with van der Waals surface area (Å²) in [5.41, 5.74) is 3.37. The minimum absolute atomic E-state index is 0.110. The van der Waals surface area contributed by atoms with Crippen molar-refractivity contribution >= 4 is 41.3 Å². The van der Waals surface area contributed by atoms with Crippen LogP contribution in [0.2, 0.25) is 10.0 Å².